The van der Waals surface area contributed by atoms with Gasteiger partial charge in [0.15, 0.2) is 0 Å². The first-order chi connectivity index (χ1) is 8.24. The Morgan fingerprint density at radius 3 is 2.71 bits per heavy atom. The molecule has 0 aliphatic rings. The largest absolute Gasteiger partial charge is 0.372 e. The maximum Gasteiger partial charge on any atom is 0.246 e. The number of carbonyl (C=O) groups is 1. The van der Waals surface area contributed by atoms with Gasteiger partial charge in [0.25, 0.3) is 0 Å². The van der Waals surface area contributed by atoms with Gasteiger partial charge in [0.2, 0.25) is 5.91 Å². The molecule has 0 aliphatic heterocycles. The van der Waals surface area contributed by atoms with Gasteiger partial charge in [-0.15, -0.1) is 0 Å². The lowest BCUT2D eigenvalue weighted by molar-refractivity contribution is -0.128. The molecule has 0 bridgehead atoms. The molecule has 1 unspecified atom stereocenters. The topological polar surface area (TPSA) is 52.3 Å². The minimum Gasteiger partial charge on any atom is -0.372 e. The predicted molar refractivity (Wildman–Crippen MR) is 69.3 cm³/mol. The summed E-state index contributed by atoms with van der Waals surface area (Å²) in [5.74, 6) is -0.389. The third kappa shape index (κ3) is 5.31. The second kappa shape index (κ2) is 7.63. The lowest BCUT2D eigenvalue weighted by Gasteiger charge is -2.09. The number of allylic oxidation sites excluding steroid dienone is 1. The zero-order valence-electron chi connectivity index (χ0n) is 10.1. The van der Waals surface area contributed by atoms with E-state index in [0.29, 0.717) is 6.42 Å². The Hall–Kier alpha value is -1.61. The van der Waals surface area contributed by atoms with Crippen molar-refractivity contribution in [2.45, 2.75) is 25.4 Å². The van der Waals surface area contributed by atoms with Gasteiger partial charge in [0.1, 0.15) is 6.10 Å². The number of ether oxygens (including phenoxy) is 1. The van der Waals surface area contributed by atoms with Crippen LogP contribution in [0.3, 0.4) is 0 Å². The van der Waals surface area contributed by atoms with Crippen molar-refractivity contribution < 1.29 is 9.53 Å². The molecule has 1 aromatic rings. The van der Waals surface area contributed by atoms with Crippen LogP contribution in [-0.4, -0.2) is 19.1 Å². The fourth-order valence-corrected chi connectivity index (χ4v) is 1.58. The predicted octanol–water partition coefficient (Wildman–Crippen LogP) is 2.37. The van der Waals surface area contributed by atoms with Crippen LogP contribution in [0.15, 0.2) is 36.4 Å². The number of amides is 1. The minimum absolute atomic E-state index is 0.389. The minimum atomic E-state index is -0.458. The van der Waals surface area contributed by atoms with Crippen molar-refractivity contribution in [1.82, 2.24) is 0 Å². The molecule has 3 heteroatoms. The van der Waals surface area contributed by atoms with Gasteiger partial charge < -0.3 is 10.5 Å². The maximum absolute atomic E-state index is 10.9. The van der Waals surface area contributed by atoms with Crippen molar-refractivity contribution >= 4 is 12.0 Å². The first-order valence-corrected chi connectivity index (χ1v) is 5.77. The number of nitrogens with two attached hydrogens (primary N) is 1. The molecule has 0 fully saturated rings. The first-order valence-electron chi connectivity index (χ1n) is 5.77. The molecule has 0 aromatic heterocycles. The summed E-state index contributed by atoms with van der Waals surface area (Å²) in [5, 5.41) is 0. The van der Waals surface area contributed by atoms with Gasteiger partial charge in [-0.25, -0.2) is 0 Å². The van der Waals surface area contributed by atoms with Gasteiger partial charge in [0, 0.05) is 7.11 Å². The number of primary amides is 1. The Labute approximate surface area is 102 Å². The van der Waals surface area contributed by atoms with E-state index in [9.17, 15) is 4.79 Å². The summed E-state index contributed by atoms with van der Waals surface area (Å²) in [7, 11) is 1.51. The van der Waals surface area contributed by atoms with E-state index in [4.69, 9.17) is 10.5 Å². The number of methoxy groups -OCH3 is 1. The maximum atomic E-state index is 10.9. The highest BCUT2D eigenvalue weighted by Gasteiger charge is 2.12. The van der Waals surface area contributed by atoms with E-state index < -0.39 is 6.10 Å². The van der Waals surface area contributed by atoms with E-state index in [2.05, 4.69) is 24.3 Å². The average molecular weight is 233 g/mol. The lowest BCUT2D eigenvalue weighted by Crippen LogP contribution is -2.29. The quantitative estimate of drug-likeness (QED) is 0.735. The molecule has 0 radical (unpaired) electrons. The van der Waals surface area contributed by atoms with Crippen molar-refractivity contribution in [1.29, 1.82) is 0 Å². The summed E-state index contributed by atoms with van der Waals surface area (Å²) in [6, 6.07) is 10.1. The molecule has 0 heterocycles. The number of benzene rings is 1. The molecule has 1 amide bonds. The number of rotatable bonds is 7. The summed E-state index contributed by atoms with van der Waals surface area (Å²) in [6.45, 7) is 0. The van der Waals surface area contributed by atoms with E-state index in [-0.39, 0.29) is 5.91 Å². The molecular weight excluding hydrogens is 214 g/mol. The zero-order valence-corrected chi connectivity index (χ0v) is 10.1. The van der Waals surface area contributed by atoms with Crippen molar-refractivity contribution in [3.05, 3.63) is 42.0 Å². The van der Waals surface area contributed by atoms with Crippen LogP contribution in [0.5, 0.6) is 0 Å². The van der Waals surface area contributed by atoms with Crippen molar-refractivity contribution in [2.75, 3.05) is 7.11 Å². The molecule has 0 saturated heterocycles. The van der Waals surface area contributed by atoms with Crippen LogP contribution >= 0.6 is 0 Å². The Morgan fingerprint density at radius 1 is 1.41 bits per heavy atom. The van der Waals surface area contributed by atoms with E-state index >= 15 is 0 Å². The second-order valence-electron chi connectivity index (χ2n) is 3.87. The highest BCUT2D eigenvalue weighted by atomic mass is 16.5. The van der Waals surface area contributed by atoms with Gasteiger partial charge in [-0.2, -0.15) is 0 Å². The molecule has 0 aliphatic carbocycles. The van der Waals surface area contributed by atoms with E-state index in [1.807, 2.05) is 18.2 Å². The number of carbonyl (C=O) groups excluding carboxylic acids is 1. The fourth-order valence-electron chi connectivity index (χ4n) is 1.58. The van der Waals surface area contributed by atoms with E-state index in [1.165, 1.54) is 12.7 Å². The third-order valence-electron chi connectivity index (χ3n) is 2.55. The summed E-state index contributed by atoms with van der Waals surface area (Å²) < 4.78 is 4.98. The first kappa shape index (κ1) is 13.5. The molecule has 1 atom stereocenters. The van der Waals surface area contributed by atoms with Crippen LogP contribution < -0.4 is 5.73 Å². The molecule has 3 nitrogen and oxygen atoms in total. The van der Waals surface area contributed by atoms with Gasteiger partial charge >= 0.3 is 0 Å². The SMILES string of the molecule is COC(CCC/C=C/c1ccccc1)C(N)=O. The average Bonchev–Trinajstić information content (AvgIpc) is 2.34. The molecule has 2 N–H and O–H groups in total. The van der Waals surface area contributed by atoms with Gasteiger partial charge in [-0.3, -0.25) is 4.79 Å². The molecule has 92 valence electrons. The Kier molecular flexibility index (Phi) is 6.04. The van der Waals surface area contributed by atoms with Crippen molar-refractivity contribution in [2.24, 2.45) is 5.73 Å². The van der Waals surface area contributed by atoms with Gasteiger partial charge in [0.05, 0.1) is 0 Å². The standard InChI is InChI=1S/C14H19NO2/c1-17-13(14(15)16)11-7-3-6-10-12-8-4-2-5-9-12/h2,4-6,8-10,13H,3,7,11H2,1H3,(H2,15,16)/b10-6+. The molecule has 1 aromatic carbocycles. The molecule has 0 spiro atoms. The highest BCUT2D eigenvalue weighted by molar-refractivity contribution is 5.78. The Bertz CT molecular complexity index is 360. The van der Waals surface area contributed by atoms with E-state index in [1.54, 1.807) is 0 Å². The zero-order chi connectivity index (χ0) is 12.5. The monoisotopic (exact) mass is 233 g/mol. The fraction of sp³-hybridized carbons (Fsp3) is 0.357. The second-order valence-corrected chi connectivity index (χ2v) is 3.87. The Morgan fingerprint density at radius 2 is 2.12 bits per heavy atom. The van der Waals surface area contributed by atoms with Crippen LogP contribution in [-0.2, 0) is 9.53 Å². The van der Waals surface area contributed by atoms with Crippen LogP contribution in [0.2, 0.25) is 0 Å². The summed E-state index contributed by atoms with van der Waals surface area (Å²) in [5.41, 5.74) is 6.36. The van der Waals surface area contributed by atoms with Crippen LogP contribution in [0.4, 0.5) is 0 Å². The van der Waals surface area contributed by atoms with Crippen molar-refractivity contribution in [3.8, 4) is 0 Å². The molecule has 1 rings (SSSR count). The number of unbranched alkanes of at least 4 members (excludes halogenated alkanes) is 1. The van der Waals surface area contributed by atoms with Crippen LogP contribution in [0, 0.1) is 0 Å². The van der Waals surface area contributed by atoms with E-state index in [0.717, 1.165) is 12.8 Å². The lowest BCUT2D eigenvalue weighted by atomic mass is 10.1. The Balaban J connectivity index is 2.24. The van der Waals surface area contributed by atoms with Crippen LogP contribution in [0.1, 0.15) is 24.8 Å². The normalized spacial score (nSPS) is 12.8. The van der Waals surface area contributed by atoms with Crippen molar-refractivity contribution in [3.63, 3.8) is 0 Å². The smallest absolute Gasteiger partial charge is 0.246 e. The number of hydrogen-bond acceptors (Lipinski definition) is 2. The molecular formula is C14H19NO2. The summed E-state index contributed by atoms with van der Waals surface area (Å²) in [6.07, 6.45) is 6.20. The number of hydrogen-bond donors (Lipinski definition) is 1. The third-order valence-corrected chi connectivity index (χ3v) is 2.55. The van der Waals surface area contributed by atoms with Gasteiger partial charge in [-0.05, 0) is 24.8 Å². The highest BCUT2D eigenvalue weighted by Crippen LogP contribution is 2.07. The van der Waals surface area contributed by atoms with Crippen LogP contribution in [0.25, 0.3) is 6.08 Å². The van der Waals surface area contributed by atoms with Gasteiger partial charge in [-0.1, -0.05) is 42.5 Å². The summed E-state index contributed by atoms with van der Waals surface area (Å²) >= 11 is 0. The molecule has 0 saturated carbocycles. The summed E-state index contributed by atoms with van der Waals surface area (Å²) in [4.78, 5) is 10.9. The molecule has 17 heavy (non-hydrogen) atoms.